The minimum Gasteiger partial charge on any atom is -0.491 e. The van der Waals surface area contributed by atoms with Gasteiger partial charge in [0.15, 0.2) is 0 Å². The molecule has 4 aromatic rings. The van der Waals surface area contributed by atoms with E-state index in [2.05, 4.69) is 26.4 Å². The molecule has 0 bridgehead atoms. The summed E-state index contributed by atoms with van der Waals surface area (Å²) in [7, 11) is 1.85. The van der Waals surface area contributed by atoms with Crippen LogP contribution in [0.1, 0.15) is 37.0 Å². The largest absolute Gasteiger partial charge is 0.491 e. The molecule has 0 unspecified atom stereocenters. The molecule has 0 spiro atoms. The number of nitrogens with zero attached hydrogens (tertiary/aromatic N) is 5. The van der Waals surface area contributed by atoms with Gasteiger partial charge in [0, 0.05) is 62.1 Å². The molecule has 9 nitrogen and oxygen atoms in total. The minimum atomic E-state index is -0.161. The molecular formula is C30H34N6O3. The number of piperidine rings is 1. The standard InChI is InChI=1S/C30H34N6O3/c1-5-13-36-18-25(24-9-12-31-28(24)30(36)38)29(37)34(4)22-10-14-35(15-11-22)27-17-26(32-19-33-27)21-7-6-8-23(16-21)39-20(2)3/h5-9,12,16-20,22,31H,1,10-11,13-15H2,2-4H3. The third-order valence-electron chi connectivity index (χ3n) is 7.16. The van der Waals surface area contributed by atoms with E-state index in [4.69, 9.17) is 4.74 Å². The number of anilines is 1. The van der Waals surface area contributed by atoms with Crippen molar-refractivity contribution in [1.82, 2.24) is 24.4 Å². The summed E-state index contributed by atoms with van der Waals surface area (Å²) in [6.07, 6.45) is 8.31. The first kappa shape index (κ1) is 26.2. The number of rotatable bonds is 8. The molecule has 39 heavy (non-hydrogen) atoms. The Hall–Kier alpha value is -4.40. The van der Waals surface area contributed by atoms with Crippen molar-refractivity contribution >= 4 is 22.6 Å². The van der Waals surface area contributed by atoms with Crippen LogP contribution in [0.4, 0.5) is 5.82 Å². The first-order valence-corrected chi connectivity index (χ1v) is 13.3. The fraction of sp³-hybridized carbons (Fsp3) is 0.333. The molecule has 1 N–H and O–H groups in total. The molecule has 1 fully saturated rings. The quantitative estimate of drug-likeness (QED) is 0.340. The summed E-state index contributed by atoms with van der Waals surface area (Å²) in [6, 6.07) is 11.8. The average Bonchev–Trinajstić information content (AvgIpc) is 3.44. The lowest BCUT2D eigenvalue weighted by atomic mass is 10.0. The van der Waals surface area contributed by atoms with Gasteiger partial charge in [-0.25, -0.2) is 9.97 Å². The number of benzene rings is 1. The number of hydrogen-bond acceptors (Lipinski definition) is 6. The first-order chi connectivity index (χ1) is 18.9. The highest BCUT2D eigenvalue weighted by molar-refractivity contribution is 6.06. The van der Waals surface area contributed by atoms with Gasteiger partial charge in [-0.3, -0.25) is 9.59 Å². The molecule has 4 heterocycles. The highest BCUT2D eigenvalue weighted by atomic mass is 16.5. The van der Waals surface area contributed by atoms with Crippen LogP contribution in [-0.4, -0.2) is 62.6 Å². The molecule has 9 heteroatoms. The Morgan fingerprint density at radius 1 is 1.23 bits per heavy atom. The molecule has 3 aromatic heterocycles. The molecule has 202 valence electrons. The Morgan fingerprint density at radius 2 is 2.03 bits per heavy atom. The predicted molar refractivity (Wildman–Crippen MR) is 153 cm³/mol. The fourth-order valence-corrected chi connectivity index (χ4v) is 5.16. The van der Waals surface area contributed by atoms with Gasteiger partial charge in [0.2, 0.25) is 0 Å². The van der Waals surface area contributed by atoms with Gasteiger partial charge in [-0.15, -0.1) is 6.58 Å². The third-order valence-corrected chi connectivity index (χ3v) is 7.16. The Bertz CT molecular complexity index is 1550. The normalized spacial score (nSPS) is 14.1. The third kappa shape index (κ3) is 5.43. The number of amides is 1. The lowest BCUT2D eigenvalue weighted by molar-refractivity contribution is 0.0710. The Morgan fingerprint density at radius 3 is 2.77 bits per heavy atom. The number of aromatic nitrogens is 4. The van der Waals surface area contributed by atoms with E-state index < -0.39 is 0 Å². The van der Waals surface area contributed by atoms with Crippen LogP contribution in [0, 0.1) is 0 Å². The Labute approximate surface area is 227 Å². The second-order valence-electron chi connectivity index (χ2n) is 10.1. The topological polar surface area (TPSA) is 96.3 Å². The molecule has 5 rings (SSSR count). The highest BCUT2D eigenvalue weighted by Crippen LogP contribution is 2.27. The summed E-state index contributed by atoms with van der Waals surface area (Å²) < 4.78 is 7.36. The molecule has 0 atom stereocenters. The van der Waals surface area contributed by atoms with Gasteiger partial charge in [0.25, 0.3) is 11.5 Å². The van der Waals surface area contributed by atoms with Crippen LogP contribution < -0.4 is 15.2 Å². The van der Waals surface area contributed by atoms with Crippen LogP contribution >= 0.6 is 0 Å². The number of H-pyrrole nitrogens is 1. The second-order valence-corrected chi connectivity index (χ2v) is 10.1. The van der Waals surface area contributed by atoms with Gasteiger partial charge in [-0.05, 0) is 44.9 Å². The summed E-state index contributed by atoms with van der Waals surface area (Å²) >= 11 is 0. The molecule has 1 amide bonds. The van der Waals surface area contributed by atoms with E-state index in [0.717, 1.165) is 48.8 Å². The molecule has 0 radical (unpaired) electrons. The summed E-state index contributed by atoms with van der Waals surface area (Å²) in [4.78, 5) is 42.4. The number of ether oxygens (including phenoxy) is 1. The van der Waals surface area contributed by atoms with Gasteiger partial charge in [-0.1, -0.05) is 18.2 Å². The van der Waals surface area contributed by atoms with Crippen LogP contribution in [0.2, 0.25) is 0 Å². The molecule has 0 saturated carbocycles. The zero-order chi connectivity index (χ0) is 27.5. The van der Waals surface area contributed by atoms with E-state index in [1.54, 1.807) is 30.9 Å². The van der Waals surface area contributed by atoms with Crippen LogP contribution in [0.15, 0.2) is 72.6 Å². The van der Waals surface area contributed by atoms with Crippen LogP contribution in [0.25, 0.3) is 22.2 Å². The van der Waals surface area contributed by atoms with Gasteiger partial charge < -0.3 is 24.1 Å². The van der Waals surface area contributed by atoms with E-state index in [9.17, 15) is 9.59 Å². The molecule has 1 aromatic carbocycles. The maximum absolute atomic E-state index is 13.6. The van der Waals surface area contributed by atoms with Crippen molar-refractivity contribution in [1.29, 1.82) is 0 Å². The van der Waals surface area contributed by atoms with Crippen molar-refractivity contribution in [3.05, 3.63) is 83.7 Å². The number of nitrogens with one attached hydrogen (secondary N) is 1. The van der Waals surface area contributed by atoms with E-state index in [0.29, 0.717) is 23.0 Å². The molecular weight excluding hydrogens is 492 g/mol. The number of fused-ring (bicyclic) bond motifs is 1. The highest BCUT2D eigenvalue weighted by Gasteiger charge is 2.28. The molecule has 1 aliphatic heterocycles. The number of carbonyl (C=O) groups excluding carboxylic acids is 1. The van der Waals surface area contributed by atoms with Crippen LogP contribution in [0.3, 0.4) is 0 Å². The van der Waals surface area contributed by atoms with Crippen molar-refractivity contribution < 1.29 is 9.53 Å². The van der Waals surface area contributed by atoms with E-state index in [1.165, 1.54) is 4.57 Å². The SMILES string of the molecule is C=CCn1cc(C(=O)N(C)C2CCN(c3cc(-c4cccc(OC(C)C)c4)ncn3)CC2)c2cc[nH]c2c1=O. The Balaban J connectivity index is 1.29. The van der Waals surface area contributed by atoms with E-state index >= 15 is 0 Å². The average molecular weight is 527 g/mol. The van der Waals surface area contributed by atoms with Crippen molar-refractivity contribution in [3.8, 4) is 17.0 Å². The number of hydrogen-bond donors (Lipinski definition) is 1. The zero-order valence-electron chi connectivity index (χ0n) is 22.6. The number of carbonyl (C=O) groups is 1. The lowest BCUT2D eigenvalue weighted by Gasteiger charge is -2.37. The van der Waals surface area contributed by atoms with Gasteiger partial charge in [0.1, 0.15) is 23.4 Å². The second kappa shape index (κ2) is 11.1. The number of aromatic amines is 1. The molecule has 0 aliphatic carbocycles. The van der Waals surface area contributed by atoms with Crippen molar-refractivity contribution in [2.24, 2.45) is 0 Å². The van der Waals surface area contributed by atoms with E-state index in [-0.39, 0.29) is 23.6 Å². The summed E-state index contributed by atoms with van der Waals surface area (Å²) in [5, 5.41) is 0.644. The first-order valence-electron chi connectivity index (χ1n) is 13.3. The Kier molecular flexibility index (Phi) is 7.49. The van der Waals surface area contributed by atoms with Crippen molar-refractivity contribution in [2.75, 3.05) is 25.0 Å². The summed E-state index contributed by atoms with van der Waals surface area (Å²) in [5.74, 6) is 1.59. The maximum atomic E-state index is 13.6. The fourth-order valence-electron chi connectivity index (χ4n) is 5.16. The van der Waals surface area contributed by atoms with E-state index in [1.807, 2.05) is 56.1 Å². The van der Waals surface area contributed by atoms with Crippen molar-refractivity contribution in [2.45, 2.75) is 45.4 Å². The van der Waals surface area contributed by atoms with Crippen LogP contribution in [0.5, 0.6) is 5.75 Å². The van der Waals surface area contributed by atoms with Gasteiger partial charge >= 0.3 is 0 Å². The smallest absolute Gasteiger partial charge is 0.275 e. The zero-order valence-corrected chi connectivity index (χ0v) is 22.6. The maximum Gasteiger partial charge on any atom is 0.275 e. The van der Waals surface area contributed by atoms with Crippen molar-refractivity contribution in [3.63, 3.8) is 0 Å². The summed E-state index contributed by atoms with van der Waals surface area (Å²) in [5.41, 5.74) is 2.61. The molecule has 1 aliphatic rings. The monoisotopic (exact) mass is 526 g/mol. The predicted octanol–water partition coefficient (Wildman–Crippen LogP) is 4.50. The molecule has 1 saturated heterocycles. The lowest BCUT2D eigenvalue weighted by Crippen LogP contribution is -2.46. The van der Waals surface area contributed by atoms with Crippen LogP contribution in [-0.2, 0) is 6.54 Å². The number of allylic oxidation sites excluding steroid dienone is 1. The number of pyridine rings is 1. The summed E-state index contributed by atoms with van der Waals surface area (Å²) in [6.45, 7) is 9.62. The van der Waals surface area contributed by atoms with Gasteiger partial charge in [-0.2, -0.15) is 0 Å². The van der Waals surface area contributed by atoms with Gasteiger partial charge in [0.05, 0.1) is 17.4 Å². The minimum absolute atomic E-state index is 0.0775.